The zero-order valence-corrected chi connectivity index (χ0v) is 12.3. The molecule has 2 aromatic carbocycles. The van der Waals surface area contributed by atoms with Crippen molar-refractivity contribution in [3.8, 4) is 0 Å². The Labute approximate surface area is 135 Å². The van der Waals surface area contributed by atoms with Gasteiger partial charge in [0.15, 0.2) is 5.76 Å². The number of nitrogens with one attached hydrogen (secondary N) is 2. The Bertz CT molecular complexity index is 931. The van der Waals surface area contributed by atoms with Gasteiger partial charge in [0, 0.05) is 16.6 Å². The molecule has 0 saturated heterocycles. The fourth-order valence-electron chi connectivity index (χ4n) is 2.20. The number of ketones is 1. The van der Waals surface area contributed by atoms with Crippen LogP contribution in [0.4, 0.5) is 5.69 Å². The Hall–Kier alpha value is -3.45. The molecule has 0 atom stereocenters. The molecule has 7 nitrogen and oxygen atoms in total. The second kappa shape index (κ2) is 6.35. The third-order valence-electron chi connectivity index (χ3n) is 3.34. The van der Waals surface area contributed by atoms with Crippen LogP contribution >= 0.6 is 0 Å². The van der Waals surface area contributed by atoms with Crippen LogP contribution in [0.15, 0.2) is 59.0 Å². The smallest absolute Gasteiger partial charge is 0.310 e. The Kier molecular flexibility index (Phi) is 4.09. The molecule has 0 aliphatic heterocycles. The van der Waals surface area contributed by atoms with Gasteiger partial charge in [-0.1, -0.05) is 30.3 Å². The summed E-state index contributed by atoms with van der Waals surface area (Å²) in [5, 5.41) is 11.6. The molecule has 0 fully saturated rings. The summed E-state index contributed by atoms with van der Waals surface area (Å²) in [5.41, 5.74) is 2.55. The number of hydrogen-bond acceptors (Lipinski definition) is 5. The molecule has 3 N–H and O–H groups in total. The third-order valence-corrected chi connectivity index (χ3v) is 3.34. The summed E-state index contributed by atoms with van der Waals surface area (Å²) < 4.78 is 5.25. The predicted octanol–water partition coefficient (Wildman–Crippen LogP) is 2.37. The van der Waals surface area contributed by atoms with Crippen molar-refractivity contribution >= 4 is 34.3 Å². The van der Waals surface area contributed by atoms with E-state index in [9.17, 15) is 14.4 Å². The van der Waals surface area contributed by atoms with Gasteiger partial charge in [-0.3, -0.25) is 19.6 Å². The maximum Gasteiger partial charge on any atom is 0.310 e. The van der Waals surface area contributed by atoms with Crippen LogP contribution in [0.1, 0.15) is 20.9 Å². The van der Waals surface area contributed by atoms with Crippen LogP contribution in [0.25, 0.3) is 11.0 Å². The van der Waals surface area contributed by atoms with Gasteiger partial charge in [-0.15, -0.1) is 0 Å². The van der Waals surface area contributed by atoms with Gasteiger partial charge in [-0.2, -0.15) is 0 Å². The minimum Gasteiger partial charge on any atom is -0.451 e. The quantitative estimate of drug-likeness (QED) is 0.295. The number of carbonyl (C=O) groups is 3. The summed E-state index contributed by atoms with van der Waals surface area (Å²) in [6.07, 6.45) is 0. The van der Waals surface area contributed by atoms with Gasteiger partial charge in [0.1, 0.15) is 5.58 Å². The molecule has 0 spiro atoms. The molecule has 24 heavy (non-hydrogen) atoms. The molecule has 0 radical (unpaired) electrons. The fourth-order valence-corrected chi connectivity index (χ4v) is 2.20. The molecule has 0 saturated carbocycles. The minimum atomic E-state index is -0.781. The van der Waals surface area contributed by atoms with Crippen molar-refractivity contribution in [2.45, 2.75) is 0 Å². The van der Waals surface area contributed by atoms with Gasteiger partial charge >= 0.3 is 5.91 Å². The summed E-state index contributed by atoms with van der Waals surface area (Å²) in [6, 6.07) is 14.3. The molecular formula is C17H12N2O5. The molecule has 1 heterocycles. The first-order valence-electron chi connectivity index (χ1n) is 6.97. The summed E-state index contributed by atoms with van der Waals surface area (Å²) in [4.78, 5) is 35.4. The van der Waals surface area contributed by atoms with Gasteiger partial charge in [0.05, 0.1) is 0 Å². The van der Waals surface area contributed by atoms with Crippen molar-refractivity contribution in [2.75, 3.05) is 5.32 Å². The van der Waals surface area contributed by atoms with Crippen LogP contribution in [0.3, 0.4) is 0 Å². The summed E-state index contributed by atoms with van der Waals surface area (Å²) >= 11 is 0. The lowest BCUT2D eigenvalue weighted by Crippen LogP contribution is -2.22. The van der Waals surface area contributed by atoms with Crippen LogP contribution < -0.4 is 10.8 Å². The van der Waals surface area contributed by atoms with E-state index in [4.69, 9.17) is 9.62 Å². The van der Waals surface area contributed by atoms with Crippen molar-refractivity contribution < 1.29 is 24.0 Å². The normalized spacial score (nSPS) is 10.4. The van der Waals surface area contributed by atoms with Crippen molar-refractivity contribution in [1.82, 2.24) is 5.48 Å². The number of anilines is 1. The summed E-state index contributed by atoms with van der Waals surface area (Å²) in [7, 11) is 0. The number of furan rings is 1. The molecular weight excluding hydrogens is 312 g/mol. The van der Waals surface area contributed by atoms with E-state index >= 15 is 0 Å². The van der Waals surface area contributed by atoms with E-state index < -0.39 is 17.6 Å². The molecule has 0 aliphatic rings. The highest BCUT2D eigenvalue weighted by Crippen LogP contribution is 2.23. The number of amides is 2. The molecule has 0 bridgehead atoms. The molecule has 1 aromatic heterocycles. The fraction of sp³-hybridized carbons (Fsp3) is 0. The largest absolute Gasteiger partial charge is 0.451 e. The number of Topliss-reactive ketones (excluding diaryl/α,β-unsaturated/α-hetero) is 1. The van der Waals surface area contributed by atoms with Crippen molar-refractivity contribution in [2.24, 2.45) is 0 Å². The zero-order valence-electron chi connectivity index (χ0n) is 12.3. The molecule has 120 valence electrons. The third kappa shape index (κ3) is 3.01. The van der Waals surface area contributed by atoms with Crippen LogP contribution in [0.5, 0.6) is 0 Å². The topological polar surface area (TPSA) is 109 Å². The monoisotopic (exact) mass is 324 g/mol. The second-order valence-electron chi connectivity index (χ2n) is 4.95. The summed E-state index contributed by atoms with van der Waals surface area (Å²) in [5.74, 6) is -2.27. The number of rotatable bonds is 4. The van der Waals surface area contributed by atoms with E-state index in [0.29, 0.717) is 22.2 Å². The zero-order chi connectivity index (χ0) is 17.1. The highest BCUT2D eigenvalue weighted by Gasteiger charge is 2.17. The van der Waals surface area contributed by atoms with E-state index in [1.54, 1.807) is 48.5 Å². The molecule has 0 aliphatic carbocycles. The van der Waals surface area contributed by atoms with E-state index in [1.807, 2.05) is 0 Å². The number of hydrogen-bond donors (Lipinski definition) is 3. The highest BCUT2D eigenvalue weighted by atomic mass is 16.5. The van der Waals surface area contributed by atoms with Crippen LogP contribution in [0, 0.1) is 0 Å². The average molecular weight is 324 g/mol. The Balaban J connectivity index is 1.81. The van der Waals surface area contributed by atoms with E-state index in [0.717, 1.165) is 0 Å². The van der Waals surface area contributed by atoms with Gasteiger partial charge in [0.25, 0.3) is 11.7 Å². The molecule has 7 heteroatoms. The minimum absolute atomic E-state index is 0.0728. The van der Waals surface area contributed by atoms with Gasteiger partial charge in [-0.25, -0.2) is 5.48 Å². The number of hydroxylamine groups is 1. The lowest BCUT2D eigenvalue weighted by molar-refractivity contribution is -0.112. The van der Waals surface area contributed by atoms with Gasteiger partial charge in [-0.05, 0) is 24.3 Å². The van der Waals surface area contributed by atoms with E-state index in [-0.39, 0.29) is 5.76 Å². The molecule has 0 unspecified atom stereocenters. The predicted molar refractivity (Wildman–Crippen MR) is 84.9 cm³/mol. The molecule has 2 amide bonds. The summed E-state index contributed by atoms with van der Waals surface area (Å²) in [6.45, 7) is 0. The Morgan fingerprint density at radius 1 is 0.958 bits per heavy atom. The maximum atomic E-state index is 12.0. The van der Waals surface area contributed by atoms with Crippen LogP contribution in [-0.2, 0) is 4.79 Å². The molecule has 3 aromatic rings. The average Bonchev–Trinajstić information content (AvgIpc) is 3.04. The van der Waals surface area contributed by atoms with E-state index in [1.165, 1.54) is 11.5 Å². The van der Waals surface area contributed by atoms with Crippen LogP contribution in [0.2, 0.25) is 0 Å². The molecule has 3 rings (SSSR count). The van der Waals surface area contributed by atoms with Crippen LogP contribution in [-0.4, -0.2) is 22.8 Å². The van der Waals surface area contributed by atoms with Gasteiger partial charge in [0.2, 0.25) is 0 Å². The van der Waals surface area contributed by atoms with E-state index in [2.05, 4.69) is 5.32 Å². The number of benzene rings is 2. The first-order valence-corrected chi connectivity index (χ1v) is 6.97. The maximum absolute atomic E-state index is 12.0. The first-order chi connectivity index (χ1) is 11.6. The SMILES string of the molecule is O=C(Nc1ccc2oc(C(=O)NO)cc2c1)C(=O)c1ccccc1. The van der Waals surface area contributed by atoms with Crippen molar-refractivity contribution in [3.05, 3.63) is 65.9 Å². The standard InChI is InChI=1S/C17H12N2O5/c20-15(10-4-2-1-3-5-10)17(22)18-12-6-7-13-11(8-12)9-14(24-13)16(21)19-23/h1-9,23H,(H,18,22)(H,19,21). The van der Waals surface area contributed by atoms with Crippen molar-refractivity contribution in [1.29, 1.82) is 0 Å². The second-order valence-corrected chi connectivity index (χ2v) is 4.95. The Morgan fingerprint density at radius 2 is 1.71 bits per heavy atom. The number of fused-ring (bicyclic) bond motifs is 1. The lowest BCUT2D eigenvalue weighted by atomic mass is 10.1. The van der Waals surface area contributed by atoms with Crippen molar-refractivity contribution in [3.63, 3.8) is 0 Å². The Morgan fingerprint density at radius 3 is 2.42 bits per heavy atom. The number of carbonyl (C=O) groups excluding carboxylic acids is 3. The lowest BCUT2D eigenvalue weighted by Gasteiger charge is -2.04. The first kappa shape index (κ1) is 15.4. The van der Waals surface area contributed by atoms with Gasteiger partial charge < -0.3 is 9.73 Å². The highest BCUT2D eigenvalue weighted by molar-refractivity contribution is 6.46.